The first-order chi connectivity index (χ1) is 18.4. The summed E-state index contributed by atoms with van der Waals surface area (Å²) in [5.74, 6) is 1.16. The lowest BCUT2D eigenvalue weighted by atomic mass is 10.1. The highest BCUT2D eigenvalue weighted by Crippen LogP contribution is 2.28. The molecule has 3 amide bonds. The van der Waals surface area contributed by atoms with E-state index in [0.717, 1.165) is 16.0 Å². The van der Waals surface area contributed by atoms with Crippen molar-refractivity contribution in [1.82, 2.24) is 9.80 Å². The van der Waals surface area contributed by atoms with Gasteiger partial charge >= 0.3 is 6.03 Å². The van der Waals surface area contributed by atoms with Gasteiger partial charge in [-0.1, -0.05) is 19.1 Å². The van der Waals surface area contributed by atoms with E-state index in [1.165, 1.54) is 4.90 Å². The Kier molecular flexibility index (Phi) is 10.6. The third-order valence-corrected chi connectivity index (χ3v) is 7.13. The summed E-state index contributed by atoms with van der Waals surface area (Å²) in [6.45, 7) is 5.34. The standard InChI is InChI=1S/C29H34N4O4S/c1-5-13-33(29(35)31-24-8-6-7-23(16-24)18-30)20-28(34)32(19-27-21(2)12-15-38-27)14-11-22-9-10-25(36-3)26(17-22)37-4/h6-10,12,15-17H,5,11,13-14,19-20H2,1-4H3,(H,31,35). The van der Waals surface area contributed by atoms with E-state index in [-0.39, 0.29) is 18.5 Å². The number of hydrogen-bond acceptors (Lipinski definition) is 6. The van der Waals surface area contributed by atoms with Gasteiger partial charge in [-0.25, -0.2) is 4.79 Å². The van der Waals surface area contributed by atoms with Gasteiger partial charge in [-0.2, -0.15) is 5.26 Å². The SMILES string of the molecule is CCCN(CC(=O)N(CCc1ccc(OC)c(OC)c1)Cc1sccc1C)C(=O)Nc1cccc(C#N)c1. The third kappa shape index (κ3) is 7.73. The molecule has 0 radical (unpaired) electrons. The highest BCUT2D eigenvalue weighted by molar-refractivity contribution is 7.10. The molecule has 0 atom stereocenters. The van der Waals surface area contributed by atoms with Crippen LogP contribution in [0.15, 0.2) is 53.9 Å². The van der Waals surface area contributed by atoms with Crippen molar-refractivity contribution in [2.75, 3.05) is 39.2 Å². The Morgan fingerprint density at radius 2 is 1.82 bits per heavy atom. The number of carbonyl (C=O) groups excluding carboxylic acids is 2. The number of methoxy groups -OCH3 is 2. The fourth-order valence-corrected chi connectivity index (χ4v) is 4.91. The number of nitrogens with one attached hydrogen (secondary N) is 1. The fourth-order valence-electron chi connectivity index (χ4n) is 3.99. The van der Waals surface area contributed by atoms with E-state index in [1.54, 1.807) is 49.8 Å². The Bertz CT molecular complexity index is 1280. The molecule has 0 saturated carbocycles. The highest BCUT2D eigenvalue weighted by atomic mass is 32.1. The summed E-state index contributed by atoms with van der Waals surface area (Å²) < 4.78 is 10.8. The van der Waals surface area contributed by atoms with Gasteiger partial charge in [0.15, 0.2) is 11.5 Å². The first-order valence-electron chi connectivity index (χ1n) is 12.5. The van der Waals surface area contributed by atoms with Gasteiger partial charge in [0.25, 0.3) is 0 Å². The van der Waals surface area contributed by atoms with E-state index in [1.807, 2.05) is 48.4 Å². The van der Waals surface area contributed by atoms with Gasteiger partial charge in [-0.3, -0.25) is 4.79 Å². The molecule has 1 heterocycles. The maximum Gasteiger partial charge on any atom is 0.322 e. The van der Waals surface area contributed by atoms with Crippen molar-refractivity contribution in [3.05, 3.63) is 75.5 Å². The smallest absolute Gasteiger partial charge is 0.322 e. The number of ether oxygens (including phenoxy) is 2. The zero-order valence-electron chi connectivity index (χ0n) is 22.3. The topological polar surface area (TPSA) is 94.9 Å². The second kappa shape index (κ2) is 14.1. The molecule has 0 aliphatic heterocycles. The van der Waals surface area contributed by atoms with E-state index in [0.29, 0.717) is 55.2 Å². The highest BCUT2D eigenvalue weighted by Gasteiger charge is 2.22. The van der Waals surface area contributed by atoms with Gasteiger partial charge < -0.3 is 24.6 Å². The Balaban J connectivity index is 1.75. The van der Waals surface area contributed by atoms with Crippen LogP contribution in [-0.2, 0) is 17.8 Å². The van der Waals surface area contributed by atoms with Crippen molar-refractivity contribution >= 4 is 29.0 Å². The summed E-state index contributed by atoms with van der Waals surface area (Å²) >= 11 is 1.62. The summed E-state index contributed by atoms with van der Waals surface area (Å²) in [5, 5.41) is 14.0. The number of benzene rings is 2. The number of urea groups is 1. The van der Waals surface area contributed by atoms with Gasteiger partial charge in [0.1, 0.15) is 6.54 Å². The molecule has 0 aliphatic rings. The molecule has 0 fully saturated rings. The zero-order valence-corrected chi connectivity index (χ0v) is 23.1. The quantitative estimate of drug-likeness (QED) is 0.333. The molecule has 3 rings (SSSR count). The first-order valence-corrected chi connectivity index (χ1v) is 13.3. The Morgan fingerprint density at radius 1 is 1.03 bits per heavy atom. The summed E-state index contributed by atoms with van der Waals surface area (Å²) in [5.41, 5.74) is 3.12. The van der Waals surface area contributed by atoms with Crippen LogP contribution in [0.1, 0.15) is 34.9 Å². The zero-order chi connectivity index (χ0) is 27.5. The maximum absolute atomic E-state index is 13.6. The molecule has 200 valence electrons. The molecule has 8 nitrogen and oxygen atoms in total. The molecule has 0 unspecified atom stereocenters. The van der Waals surface area contributed by atoms with Crippen LogP contribution in [0.25, 0.3) is 0 Å². The molecular weight excluding hydrogens is 500 g/mol. The Morgan fingerprint density at radius 3 is 2.47 bits per heavy atom. The number of thiophene rings is 1. The van der Waals surface area contributed by atoms with Gasteiger partial charge in [-0.15, -0.1) is 11.3 Å². The second-order valence-electron chi connectivity index (χ2n) is 8.83. The number of nitrogens with zero attached hydrogens (tertiary/aromatic N) is 3. The second-order valence-corrected chi connectivity index (χ2v) is 9.83. The predicted octanol–water partition coefficient (Wildman–Crippen LogP) is 5.46. The summed E-state index contributed by atoms with van der Waals surface area (Å²) in [6, 6.07) is 16.2. The first kappa shape index (κ1) is 28.5. The van der Waals surface area contributed by atoms with Crippen LogP contribution in [0.3, 0.4) is 0 Å². The average Bonchev–Trinajstić information content (AvgIpc) is 3.34. The number of nitriles is 1. The summed E-state index contributed by atoms with van der Waals surface area (Å²) in [4.78, 5) is 31.1. The number of amides is 3. The van der Waals surface area contributed by atoms with Crippen molar-refractivity contribution < 1.29 is 19.1 Å². The van der Waals surface area contributed by atoms with Crippen LogP contribution in [0.5, 0.6) is 11.5 Å². The average molecular weight is 535 g/mol. The normalized spacial score (nSPS) is 10.4. The predicted molar refractivity (Wildman–Crippen MR) is 150 cm³/mol. The molecule has 0 spiro atoms. The van der Waals surface area contributed by atoms with Crippen molar-refractivity contribution in [2.45, 2.75) is 33.2 Å². The molecular formula is C29H34N4O4S. The minimum Gasteiger partial charge on any atom is -0.493 e. The lowest BCUT2D eigenvalue weighted by Gasteiger charge is -2.28. The van der Waals surface area contributed by atoms with Crippen molar-refractivity contribution in [3.8, 4) is 17.6 Å². The molecule has 1 N–H and O–H groups in total. The molecule has 38 heavy (non-hydrogen) atoms. The van der Waals surface area contributed by atoms with Gasteiger partial charge in [0.2, 0.25) is 5.91 Å². The van der Waals surface area contributed by atoms with Gasteiger partial charge in [-0.05, 0) is 72.7 Å². The van der Waals surface area contributed by atoms with Gasteiger partial charge in [0, 0.05) is 23.7 Å². The molecule has 1 aromatic heterocycles. The van der Waals surface area contributed by atoms with E-state index in [2.05, 4.69) is 11.4 Å². The molecule has 0 bridgehead atoms. The lowest BCUT2D eigenvalue weighted by molar-refractivity contribution is -0.132. The number of anilines is 1. The van der Waals surface area contributed by atoms with Crippen LogP contribution in [0.4, 0.5) is 10.5 Å². The van der Waals surface area contributed by atoms with E-state index in [4.69, 9.17) is 14.7 Å². The molecule has 2 aromatic carbocycles. The Hall–Kier alpha value is -4.03. The van der Waals surface area contributed by atoms with Crippen molar-refractivity contribution in [1.29, 1.82) is 5.26 Å². The maximum atomic E-state index is 13.6. The van der Waals surface area contributed by atoms with E-state index >= 15 is 0 Å². The number of aryl methyl sites for hydroxylation is 1. The van der Waals surface area contributed by atoms with Crippen LogP contribution in [-0.4, -0.2) is 55.6 Å². The van der Waals surface area contributed by atoms with Crippen LogP contribution in [0, 0.1) is 18.3 Å². The third-order valence-electron chi connectivity index (χ3n) is 6.12. The van der Waals surface area contributed by atoms with Crippen LogP contribution < -0.4 is 14.8 Å². The molecule has 0 aliphatic carbocycles. The monoisotopic (exact) mass is 534 g/mol. The fraction of sp³-hybridized carbons (Fsp3) is 0.345. The van der Waals surface area contributed by atoms with Gasteiger partial charge in [0.05, 0.1) is 32.4 Å². The summed E-state index contributed by atoms with van der Waals surface area (Å²) in [7, 11) is 3.20. The minimum atomic E-state index is -0.373. The van der Waals surface area contributed by atoms with Crippen molar-refractivity contribution in [3.63, 3.8) is 0 Å². The largest absolute Gasteiger partial charge is 0.493 e. The van der Waals surface area contributed by atoms with Crippen LogP contribution in [0.2, 0.25) is 0 Å². The number of rotatable bonds is 12. The Labute approximate surface area is 228 Å². The lowest BCUT2D eigenvalue weighted by Crippen LogP contribution is -2.45. The summed E-state index contributed by atoms with van der Waals surface area (Å²) in [6.07, 6.45) is 1.33. The number of carbonyl (C=O) groups is 2. The molecule has 9 heteroatoms. The minimum absolute atomic E-state index is 0.0476. The molecule has 0 saturated heterocycles. The van der Waals surface area contributed by atoms with E-state index in [9.17, 15) is 9.59 Å². The van der Waals surface area contributed by atoms with E-state index < -0.39 is 0 Å². The number of hydrogen-bond donors (Lipinski definition) is 1. The van der Waals surface area contributed by atoms with Crippen LogP contribution >= 0.6 is 11.3 Å². The molecule has 3 aromatic rings. The van der Waals surface area contributed by atoms with Crippen molar-refractivity contribution in [2.24, 2.45) is 0 Å².